The first-order chi connectivity index (χ1) is 11.6. The van der Waals surface area contributed by atoms with Crippen molar-refractivity contribution in [1.29, 1.82) is 0 Å². The Morgan fingerprint density at radius 3 is 2.96 bits per heavy atom. The van der Waals surface area contributed by atoms with Gasteiger partial charge in [-0.2, -0.15) is 0 Å². The first kappa shape index (κ1) is 15.3. The van der Waals surface area contributed by atoms with Gasteiger partial charge in [0.2, 0.25) is 0 Å². The number of oxazole rings is 1. The third-order valence-electron chi connectivity index (χ3n) is 5.65. The summed E-state index contributed by atoms with van der Waals surface area (Å²) in [5.41, 5.74) is 1.69. The van der Waals surface area contributed by atoms with Gasteiger partial charge in [0.15, 0.2) is 5.58 Å². The molecule has 4 unspecified atom stereocenters. The molecule has 1 aromatic heterocycles. The highest BCUT2D eigenvalue weighted by Gasteiger charge is 2.47. The van der Waals surface area contributed by atoms with Crippen LogP contribution in [0.2, 0.25) is 0 Å². The van der Waals surface area contributed by atoms with Gasteiger partial charge in [0.05, 0.1) is 5.52 Å². The van der Waals surface area contributed by atoms with Crippen molar-refractivity contribution in [3.05, 3.63) is 28.7 Å². The third kappa shape index (κ3) is 2.39. The third-order valence-corrected chi connectivity index (χ3v) is 5.65. The van der Waals surface area contributed by atoms with Gasteiger partial charge in [0.1, 0.15) is 0 Å². The fraction of sp³-hybridized carbons (Fsp3) is 0.529. The molecule has 4 rings (SSSR count). The van der Waals surface area contributed by atoms with Gasteiger partial charge in [0.25, 0.3) is 0 Å². The van der Waals surface area contributed by atoms with Crippen LogP contribution in [0.1, 0.15) is 19.3 Å². The lowest BCUT2D eigenvalue weighted by Crippen LogP contribution is -2.46. The molecule has 1 heterocycles. The predicted octanol–water partition coefficient (Wildman–Crippen LogP) is 1.66. The molecule has 7 heteroatoms. The molecule has 0 aliphatic heterocycles. The van der Waals surface area contributed by atoms with E-state index in [1.54, 1.807) is 25.2 Å². The van der Waals surface area contributed by atoms with Crippen LogP contribution >= 0.6 is 0 Å². The predicted molar refractivity (Wildman–Crippen MR) is 88.8 cm³/mol. The number of carbonyl (C=O) groups is 1. The number of nitrogens with one attached hydrogen (secondary N) is 2. The average Bonchev–Trinajstić information content (AvgIpc) is 3.22. The number of amides is 2. The van der Waals surface area contributed by atoms with Crippen LogP contribution < -0.4 is 16.4 Å². The lowest BCUT2D eigenvalue weighted by Gasteiger charge is -2.30. The number of aliphatic hydroxyl groups excluding tert-OH is 1. The minimum absolute atomic E-state index is 0.0344. The molecule has 0 radical (unpaired) electrons. The van der Waals surface area contributed by atoms with Crippen molar-refractivity contribution >= 4 is 22.8 Å². The fourth-order valence-electron chi connectivity index (χ4n) is 4.43. The number of aryl methyl sites for hydroxylation is 1. The zero-order chi connectivity index (χ0) is 16.8. The number of benzene rings is 1. The first-order valence-electron chi connectivity index (χ1n) is 8.35. The van der Waals surface area contributed by atoms with Gasteiger partial charge in [0, 0.05) is 37.4 Å². The Morgan fingerprint density at radius 1 is 1.38 bits per heavy atom. The highest BCUT2D eigenvalue weighted by atomic mass is 16.4. The van der Waals surface area contributed by atoms with Gasteiger partial charge < -0.3 is 20.2 Å². The minimum Gasteiger partial charge on any atom is -0.408 e. The van der Waals surface area contributed by atoms with Gasteiger partial charge in [-0.1, -0.05) is 0 Å². The summed E-state index contributed by atoms with van der Waals surface area (Å²) < 4.78 is 6.55. The first-order valence-corrected chi connectivity index (χ1v) is 8.35. The Morgan fingerprint density at radius 2 is 2.17 bits per heavy atom. The number of fused-ring (bicyclic) bond motifs is 3. The van der Waals surface area contributed by atoms with Crippen LogP contribution in [-0.4, -0.2) is 28.4 Å². The highest BCUT2D eigenvalue weighted by Crippen LogP contribution is 2.48. The second kappa shape index (κ2) is 5.66. The lowest BCUT2D eigenvalue weighted by molar-refractivity contribution is 0.146. The zero-order valence-electron chi connectivity index (χ0n) is 13.5. The number of aromatic nitrogens is 1. The molecular formula is C17H21N3O4. The van der Waals surface area contributed by atoms with Gasteiger partial charge in [-0.15, -0.1) is 0 Å². The topological polar surface area (TPSA) is 96.5 Å². The molecule has 0 spiro atoms. The largest absolute Gasteiger partial charge is 0.419 e. The van der Waals surface area contributed by atoms with E-state index < -0.39 is 5.76 Å². The maximum atomic E-state index is 12.3. The van der Waals surface area contributed by atoms with Crippen molar-refractivity contribution in [2.75, 3.05) is 11.9 Å². The number of urea groups is 1. The normalized spacial score (nSPS) is 28.4. The second-order valence-corrected chi connectivity index (χ2v) is 6.91. The maximum Gasteiger partial charge on any atom is 0.419 e. The molecule has 7 nitrogen and oxygen atoms in total. The number of nitrogens with zero attached hydrogens (tertiary/aromatic N) is 1. The van der Waals surface area contributed by atoms with E-state index in [0.29, 0.717) is 28.6 Å². The van der Waals surface area contributed by atoms with Crippen molar-refractivity contribution in [2.45, 2.75) is 25.3 Å². The monoisotopic (exact) mass is 331 g/mol. The van der Waals surface area contributed by atoms with Crippen molar-refractivity contribution in [3.63, 3.8) is 0 Å². The molecule has 4 atom stereocenters. The Labute approximate surface area is 138 Å². The summed E-state index contributed by atoms with van der Waals surface area (Å²) in [6, 6.07) is 4.86. The van der Waals surface area contributed by atoms with Crippen molar-refractivity contribution in [3.8, 4) is 0 Å². The molecule has 24 heavy (non-hydrogen) atoms. The summed E-state index contributed by atoms with van der Waals surface area (Å²) in [6.07, 6.45) is 3.37. The molecule has 3 N–H and O–H groups in total. The smallest absolute Gasteiger partial charge is 0.408 e. The molecule has 2 aromatic rings. The lowest BCUT2D eigenvalue weighted by atomic mass is 9.85. The highest BCUT2D eigenvalue weighted by molar-refractivity contribution is 5.91. The summed E-state index contributed by atoms with van der Waals surface area (Å²) in [5, 5.41) is 15.4. The van der Waals surface area contributed by atoms with Crippen molar-refractivity contribution in [1.82, 2.24) is 9.88 Å². The maximum absolute atomic E-state index is 12.3. The van der Waals surface area contributed by atoms with E-state index in [9.17, 15) is 14.7 Å². The Bertz CT molecular complexity index is 840. The number of carbonyl (C=O) groups excluding carboxylic acids is 1. The van der Waals surface area contributed by atoms with E-state index in [-0.39, 0.29) is 24.6 Å². The molecular weight excluding hydrogens is 310 g/mol. The van der Waals surface area contributed by atoms with E-state index in [1.807, 2.05) is 0 Å². The number of hydrogen-bond donors (Lipinski definition) is 3. The summed E-state index contributed by atoms with van der Waals surface area (Å²) in [4.78, 5) is 23.8. The molecule has 2 saturated carbocycles. The summed E-state index contributed by atoms with van der Waals surface area (Å²) in [5.74, 6) is 0.719. The minimum atomic E-state index is -0.431. The number of rotatable bonds is 3. The Balaban J connectivity index is 1.47. The van der Waals surface area contributed by atoms with E-state index in [1.165, 1.54) is 4.57 Å². The van der Waals surface area contributed by atoms with Gasteiger partial charge in [-0.25, -0.2) is 9.59 Å². The Hall–Kier alpha value is -2.28. The van der Waals surface area contributed by atoms with Crippen LogP contribution in [0.25, 0.3) is 11.1 Å². The van der Waals surface area contributed by atoms with E-state index in [0.717, 1.165) is 19.3 Å². The molecule has 128 valence electrons. The van der Waals surface area contributed by atoms with Crippen LogP contribution in [0.4, 0.5) is 10.5 Å². The molecule has 0 saturated heterocycles. The molecule has 1 aromatic carbocycles. The number of aliphatic hydroxyl groups is 1. The molecule has 2 amide bonds. The zero-order valence-corrected chi connectivity index (χ0v) is 13.5. The quantitative estimate of drug-likeness (QED) is 0.797. The van der Waals surface area contributed by atoms with E-state index in [4.69, 9.17) is 4.42 Å². The van der Waals surface area contributed by atoms with E-state index in [2.05, 4.69) is 10.6 Å². The number of anilines is 1. The van der Waals surface area contributed by atoms with Gasteiger partial charge >= 0.3 is 11.8 Å². The van der Waals surface area contributed by atoms with Crippen LogP contribution in [-0.2, 0) is 7.05 Å². The van der Waals surface area contributed by atoms with Gasteiger partial charge in [-0.05, 0) is 43.2 Å². The van der Waals surface area contributed by atoms with Crippen LogP contribution in [0, 0.1) is 17.8 Å². The number of hydrogen-bond acceptors (Lipinski definition) is 4. The standard InChI is InChI=1S/C17H21N3O4/c1-20-13-5-4-11(7-14(13)24-17(20)23)18-16(22)19-15-10-3-2-9(6-10)12(15)8-21/h4-5,7,9-10,12,15,21H,2-3,6,8H2,1H3,(H2,18,19,22). The average molecular weight is 331 g/mol. The molecule has 2 aliphatic carbocycles. The summed E-state index contributed by atoms with van der Waals surface area (Å²) >= 11 is 0. The van der Waals surface area contributed by atoms with E-state index >= 15 is 0 Å². The molecule has 2 bridgehead atoms. The molecule has 2 fully saturated rings. The van der Waals surface area contributed by atoms with Crippen LogP contribution in [0.3, 0.4) is 0 Å². The fourth-order valence-corrected chi connectivity index (χ4v) is 4.43. The van der Waals surface area contributed by atoms with Crippen LogP contribution in [0.5, 0.6) is 0 Å². The summed E-state index contributed by atoms with van der Waals surface area (Å²) in [6.45, 7) is 0.118. The van der Waals surface area contributed by atoms with Crippen molar-refractivity contribution in [2.24, 2.45) is 24.8 Å². The Kier molecular flexibility index (Phi) is 3.60. The van der Waals surface area contributed by atoms with Gasteiger partial charge in [-0.3, -0.25) is 4.57 Å². The van der Waals surface area contributed by atoms with Crippen molar-refractivity contribution < 1.29 is 14.3 Å². The second-order valence-electron chi connectivity index (χ2n) is 6.91. The van der Waals surface area contributed by atoms with Crippen LogP contribution in [0.15, 0.2) is 27.4 Å². The summed E-state index contributed by atoms with van der Waals surface area (Å²) in [7, 11) is 1.64. The molecule has 2 aliphatic rings. The SMILES string of the molecule is Cn1c(=O)oc2cc(NC(=O)NC3C4CCC(C4)C3CO)ccc21.